The molecule has 0 aliphatic carbocycles. The fourth-order valence-electron chi connectivity index (χ4n) is 2.86. The molecule has 0 unspecified atom stereocenters. The van der Waals surface area contributed by atoms with E-state index in [0.717, 1.165) is 11.8 Å². The van der Waals surface area contributed by atoms with Crippen LogP contribution in [0.2, 0.25) is 0 Å². The summed E-state index contributed by atoms with van der Waals surface area (Å²) in [5.41, 5.74) is 2.31. The van der Waals surface area contributed by atoms with E-state index in [1.165, 1.54) is 28.1 Å². The van der Waals surface area contributed by atoms with E-state index >= 15 is 0 Å². The number of rotatable bonds is 3. The number of anilines is 1. The number of piperazine rings is 1. The van der Waals surface area contributed by atoms with E-state index in [1.54, 1.807) is 0 Å². The SMILES string of the molecule is Cc1ccccc1N1CCN(S(=O)(=O)c2cccc(F)c2)CC1. The van der Waals surface area contributed by atoms with Gasteiger partial charge in [-0.2, -0.15) is 4.31 Å². The number of halogens is 1. The zero-order valence-corrected chi connectivity index (χ0v) is 13.8. The van der Waals surface area contributed by atoms with E-state index in [2.05, 4.69) is 4.90 Å². The van der Waals surface area contributed by atoms with Crippen LogP contribution in [0.4, 0.5) is 10.1 Å². The molecule has 0 saturated carbocycles. The summed E-state index contributed by atoms with van der Waals surface area (Å²) in [6.07, 6.45) is 0. The zero-order chi connectivity index (χ0) is 16.4. The monoisotopic (exact) mass is 334 g/mol. The summed E-state index contributed by atoms with van der Waals surface area (Å²) in [7, 11) is -3.63. The summed E-state index contributed by atoms with van der Waals surface area (Å²) in [5, 5.41) is 0. The lowest BCUT2D eigenvalue weighted by atomic mass is 10.1. The first-order valence-electron chi connectivity index (χ1n) is 7.55. The summed E-state index contributed by atoms with van der Waals surface area (Å²) in [6.45, 7) is 4.09. The summed E-state index contributed by atoms with van der Waals surface area (Å²) in [6, 6.07) is 13.2. The van der Waals surface area contributed by atoms with Crippen LogP contribution >= 0.6 is 0 Å². The molecule has 122 valence electrons. The van der Waals surface area contributed by atoms with Gasteiger partial charge in [0.2, 0.25) is 10.0 Å². The van der Waals surface area contributed by atoms with Crippen molar-refractivity contribution in [2.24, 2.45) is 0 Å². The lowest BCUT2D eigenvalue weighted by molar-refractivity contribution is 0.384. The van der Waals surface area contributed by atoms with E-state index in [0.29, 0.717) is 26.2 Å². The molecule has 0 amide bonds. The molecule has 1 aliphatic heterocycles. The van der Waals surface area contributed by atoms with Gasteiger partial charge in [-0.3, -0.25) is 0 Å². The fourth-order valence-corrected chi connectivity index (χ4v) is 4.32. The number of nitrogens with zero attached hydrogens (tertiary/aromatic N) is 2. The highest BCUT2D eigenvalue weighted by atomic mass is 32.2. The van der Waals surface area contributed by atoms with Crippen molar-refractivity contribution in [3.8, 4) is 0 Å². The van der Waals surface area contributed by atoms with Crippen molar-refractivity contribution in [3.63, 3.8) is 0 Å². The highest BCUT2D eigenvalue weighted by Gasteiger charge is 2.29. The predicted molar refractivity (Wildman–Crippen MR) is 88.6 cm³/mol. The third-order valence-corrected chi connectivity index (χ3v) is 6.02. The van der Waals surface area contributed by atoms with Crippen LogP contribution in [0.25, 0.3) is 0 Å². The third kappa shape index (κ3) is 3.23. The molecule has 0 spiro atoms. The van der Waals surface area contributed by atoms with E-state index in [9.17, 15) is 12.8 Å². The molecule has 1 saturated heterocycles. The number of benzene rings is 2. The van der Waals surface area contributed by atoms with Gasteiger partial charge in [0.15, 0.2) is 0 Å². The Morgan fingerprint density at radius 2 is 1.65 bits per heavy atom. The molecule has 2 aromatic rings. The van der Waals surface area contributed by atoms with E-state index < -0.39 is 15.8 Å². The molecule has 0 atom stereocenters. The molecule has 1 aliphatic rings. The average Bonchev–Trinajstić information content (AvgIpc) is 2.55. The first-order chi connectivity index (χ1) is 11.0. The Hall–Kier alpha value is -1.92. The van der Waals surface area contributed by atoms with Crippen molar-refractivity contribution in [1.82, 2.24) is 4.31 Å². The molecule has 0 aromatic heterocycles. The molecule has 0 bridgehead atoms. The topological polar surface area (TPSA) is 40.6 Å². The Bertz CT molecular complexity index is 800. The fraction of sp³-hybridized carbons (Fsp3) is 0.294. The largest absolute Gasteiger partial charge is 0.369 e. The van der Waals surface area contributed by atoms with Gasteiger partial charge in [-0.25, -0.2) is 12.8 Å². The van der Waals surface area contributed by atoms with Gasteiger partial charge in [0.25, 0.3) is 0 Å². The van der Waals surface area contributed by atoms with Crippen molar-refractivity contribution in [2.45, 2.75) is 11.8 Å². The summed E-state index contributed by atoms with van der Waals surface area (Å²) >= 11 is 0. The van der Waals surface area contributed by atoms with Crippen molar-refractivity contribution < 1.29 is 12.8 Å². The minimum absolute atomic E-state index is 0.0156. The molecule has 1 heterocycles. The summed E-state index contributed by atoms with van der Waals surface area (Å²) in [5.74, 6) is -0.537. The first-order valence-corrected chi connectivity index (χ1v) is 8.99. The molecular weight excluding hydrogens is 315 g/mol. The standard InChI is InChI=1S/C17H19FN2O2S/c1-14-5-2-3-8-17(14)19-9-11-20(12-10-19)23(21,22)16-7-4-6-15(18)13-16/h2-8,13H,9-12H2,1H3. The highest BCUT2D eigenvalue weighted by Crippen LogP contribution is 2.23. The summed E-state index contributed by atoms with van der Waals surface area (Å²) < 4.78 is 39.9. The molecule has 4 nitrogen and oxygen atoms in total. The molecule has 0 radical (unpaired) electrons. The van der Waals surface area contributed by atoms with Gasteiger partial charge in [0, 0.05) is 31.9 Å². The Balaban J connectivity index is 1.75. The van der Waals surface area contributed by atoms with Crippen LogP contribution in [0.15, 0.2) is 53.4 Å². The lowest BCUT2D eigenvalue weighted by Crippen LogP contribution is -2.48. The van der Waals surface area contributed by atoms with Gasteiger partial charge < -0.3 is 4.90 Å². The smallest absolute Gasteiger partial charge is 0.243 e. The Morgan fingerprint density at radius 3 is 2.30 bits per heavy atom. The average molecular weight is 334 g/mol. The minimum atomic E-state index is -3.63. The maximum atomic E-state index is 13.3. The normalized spacial score (nSPS) is 16.5. The molecule has 23 heavy (non-hydrogen) atoms. The van der Waals surface area contributed by atoms with Crippen LogP contribution < -0.4 is 4.90 Å². The van der Waals surface area contributed by atoms with Crippen molar-refractivity contribution in [2.75, 3.05) is 31.1 Å². The van der Waals surface area contributed by atoms with Gasteiger partial charge >= 0.3 is 0 Å². The number of hydrogen-bond donors (Lipinski definition) is 0. The minimum Gasteiger partial charge on any atom is -0.369 e. The van der Waals surface area contributed by atoms with Gasteiger partial charge in [0.1, 0.15) is 5.82 Å². The highest BCUT2D eigenvalue weighted by molar-refractivity contribution is 7.89. The van der Waals surface area contributed by atoms with E-state index in [4.69, 9.17) is 0 Å². The van der Waals surface area contributed by atoms with Crippen LogP contribution in [0.1, 0.15) is 5.56 Å². The molecule has 2 aromatic carbocycles. The van der Waals surface area contributed by atoms with Crippen molar-refractivity contribution in [3.05, 3.63) is 59.9 Å². The van der Waals surface area contributed by atoms with Crippen molar-refractivity contribution >= 4 is 15.7 Å². The molecule has 6 heteroatoms. The first kappa shape index (κ1) is 16.0. The zero-order valence-electron chi connectivity index (χ0n) is 12.9. The quantitative estimate of drug-likeness (QED) is 0.866. The summed E-state index contributed by atoms with van der Waals surface area (Å²) in [4.78, 5) is 2.20. The third-order valence-electron chi connectivity index (χ3n) is 4.13. The number of sulfonamides is 1. The maximum absolute atomic E-state index is 13.3. The van der Waals surface area contributed by atoms with Gasteiger partial charge in [-0.05, 0) is 36.8 Å². The van der Waals surface area contributed by atoms with Crippen LogP contribution in [0.5, 0.6) is 0 Å². The molecule has 1 fully saturated rings. The second-order valence-corrected chi connectivity index (χ2v) is 7.57. The Labute approximate surface area is 136 Å². The lowest BCUT2D eigenvalue weighted by Gasteiger charge is -2.36. The molecule has 0 N–H and O–H groups in total. The Morgan fingerprint density at radius 1 is 0.957 bits per heavy atom. The van der Waals surface area contributed by atoms with Gasteiger partial charge in [-0.1, -0.05) is 24.3 Å². The van der Waals surface area contributed by atoms with Crippen LogP contribution in [-0.2, 0) is 10.0 Å². The molecular formula is C17H19FN2O2S. The maximum Gasteiger partial charge on any atom is 0.243 e. The predicted octanol–water partition coefficient (Wildman–Crippen LogP) is 2.65. The number of hydrogen-bond acceptors (Lipinski definition) is 3. The second kappa shape index (κ2) is 6.29. The van der Waals surface area contributed by atoms with E-state index in [1.807, 2.05) is 31.2 Å². The van der Waals surface area contributed by atoms with Crippen molar-refractivity contribution in [1.29, 1.82) is 0 Å². The van der Waals surface area contributed by atoms with E-state index in [-0.39, 0.29) is 4.90 Å². The van der Waals surface area contributed by atoms with Gasteiger partial charge in [0.05, 0.1) is 4.90 Å². The number of aryl methyl sites for hydroxylation is 1. The molecule has 3 rings (SSSR count). The van der Waals surface area contributed by atoms with Crippen LogP contribution in [-0.4, -0.2) is 38.9 Å². The Kier molecular flexibility index (Phi) is 4.37. The van der Waals surface area contributed by atoms with Crippen LogP contribution in [0.3, 0.4) is 0 Å². The van der Waals surface area contributed by atoms with Crippen LogP contribution in [0, 0.1) is 12.7 Å². The number of para-hydroxylation sites is 1. The second-order valence-electron chi connectivity index (χ2n) is 5.63. The van der Waals surface area contributed by atoms with Gasteiger partial charge in [-0.15, -0.1) is 0 Å².